The Kier molecular flexibility index (Phi) is 8.39. The molecule has 0 N–H and O–H groups in total. The van der Waals surface area contributed by atoms with E-state index in [1.807, 2.05) is 0 Å². The number of hydrogen-bond acceptors (Lipinski definition) is 1. The Bertz CT molecular complexity index is 379. The molecular weight excluding hydrogens is 324 g/mol. The molecule has 0 aliphatic carbocycles. The zero-order valence-corrected chi connectivity index (χ0v) is 15.7. The molecule has 0 heterocycles. The van der Waals surface area contributed by atoms with Gasteiger partial charge >= 0.3 is 0 Å². The number of halogens is 1. The van der Waals surface area contributed by atoms with Gasteiger partial charge in [0.1, 0.15) is 5.75 Å². The maximum absolute atomic E-state index is 6.11. The van der Waals surface area contributed by atoms with Crippen molar-refractivity contribution in [3.63, 3.8) is 0 Å². The van der Waals surface area contributed by atoms with Crippen LogP contribution >= 0.6 is 15.9 Å². The highest BCUT2D eigenvalue weighted by atomic mass is 79.9. The van der Waals surface area contributed by atoms with Gasteiger partial charge in [-0.15, -0.1) is 0 Å². The summed E-state index contributed by atoms with van der Waals surface area (Å²) < 4.78 is 6.11. The third kappa shape index (κ3) is 5.65. The topological polar surface area (TPSA) is 9.23 Å². The van der Waals surface area contributed by atoms with E-state index in [0.29, 0.717) is 5.92 Å². The van der Waals surface area contributed by atoms with E-state index in [2.05, 4.69) is 67.9 Å². The molecule has 1 aromatic rings. The summed E-state index contributed by atoms with van der Waals surface area (Å²) in [6.07, 6.45) is 6.04. The molecular formula is C19H31BrO. The molecule has 0 aromatic heterocycles. The molecule has 0 aliphatic rings. The van der Waals surface area contributed by atoms with Crippen LogP contribution in [0.1, 0.15) is 71.3 Å². The lowest BCUT2D eigenvalue weighted by atomic mass is 9.82. The second-order valence-electron chi connectivity index (χ2n) is 6.30. The number of benzene rings is 1. The van der Waals surface area contributed by atoms with E-state index in [9.17, 15) is 0 Å². The Hall–Kier alpha value is -0.500. The summed E-state index contributed by atoms with van der Waals surface area (Å²) in [4.78, 5) is 0. The van der Waals surface area contributed by atoms with Crippen molar-refractivity contribution in [1.82, 2.24) is 0 Å². The fourth-order valence-electron chi connectivity index (χ4n) is 2.87. The molecule has 0 saturated carbocycles. The van der Waals surface area contributed by atoms with Gasteiger partial charge in [-0.3, -0.25) is 0 Å². The van der Waals surface area contributed by atoms with E-state index < -0.39 is 0 Å². The van der Waals surface area contributed by atoms with E-state index in [1.54, 1.807) is 0 Å². The zero-order chi connectivity index (χ0) is 15.7. The summed E-state index contributed by atoms with van der Waals surface area (Å²) in [7, 11) is 0. The highest BCUT2D eigenvalue weighted by Gasteiger charge is 2.28. The first-order chi connectivity index (χ1) is 10.1. The van der Waals surface area contributed by atoms with Gasteiger partial charge in [0.2, 0.25) is 0 Å². The number of ether oxygens (including phenoxy) is 1. The van der Waals surface area contributed by atoms with Crippen molar-refractivity contribution >= 4 is 15.9 Å². The first-order valence-corrected chi connectivity index (χ1v) is 9.51. The Morgan fingerprint density at radius 1 is 1.05 bits per heavy atom. The number of rotatable bonds is 10. The van der Waals surface area contributed by atoms with Crippen molar-refractivity contribution in [1.29, 1.82) is 0 Å². The van der Waals surface area contributed by atoms with E-state index in [-0.39, 0.29) is 5.41 Å². The number of hydrogen-bond donors (Lipinski definition) is 0. The Morgan fingerprint density at radius 2 is 1.62 bits per heavy atom. The maximum Gasteiger partial charge on any atom is 0.119 e. The minimum Gasteiger partial charge on any atom is -0.493 e. The molecule has 1 atom stereocenters. The van der Waals surface area contributed by atoms with Crippen molar-refractivity contribution in [2.45, 2.75) is 65.7 Å². The van der Waals surface area contributed by atoms with Crippen LogP contribution in [-0.4, -0.2) is 11.9 Å². The molecule has 0 radical (unpaired) electrons. The van der Waals surface area contributed by atoms with Crippen LogP contribution in [0.5, 0.6) is 5.75 Å². The average Bonchev–Trinajstić information content (AvgIpc) is 2.52. The van der Waals surface area contributed by atoms with Gasteiger partial charge in [0.25, 0.3) is 0 Å². The smallest absolute Gasteiger partial charge is 0.119 e. The summed E-state index contributed by atoms with van der Waals surface area (Å²) in [5.41, 5.74) is 1.68. The van der Waals surface area contributed by atoms with Crippen LogP contribution in [0.3, 0.4) is 0 Å². The van der Waals surface area contributed by atoms with Crippen molar-refractivity contribution < 1.29 is 4.74 Å². The van der Waals surface area contributed by atoms with E-state index >= 15 is 0 Å². The lowest BCUT2D eigenvalue weighted by molar-refractivity contribution is 0.144. The first kappa shape index (κ1) is 18.5. The summed E-state index contributed by atoms with van der Waals surface area (Å²) in [6.45, 7) is 9.83. The predicted octanol–water partition coefficient (Wildman–Crippen LogP) is 6.56. The molecule has 1 aromatic carbocycles. The zero-order valence-electron chi connectivity index (χ0n) is 14.1. The normalized spacial score (nSPS) is 13.2. The molecule has 1 rings (SSSR count). The van der Waals surface area contributed by atoms with Crippen LogP contribution in [-0.2, 0) is 0 Å². The van der Waals surface area contributed by atoms with Gasteiger partial charge < -0.3 is 4.74 Å². The van der Waals surface area contributed by atoms with E-state index in [1.165, 1.54) is 37.7 Å². The molecule has 2 heteroatoms. The maximum atomic E-state index is 6.11. The molecule has 0 bridgehead atoms. The summed E-state index contributed by atoms with van der Waals surface area (Å²) in [5.74, 6) is 1.63. The van der Waals surface area contributed by atoms with Gasteiger partial charge in [0, 0.05) is 10.7 Å². The van der Waals surface area contributed by atoms with Gasteiger partial charge in [0.05, 0.1) is 6.61 Å². The molecule has 1 unspecified atom stereocenters. The van der Waals surface area contributed by atoms with Gasteiger partial charge in [-0.2, -0.15) is 0 Å². The highest BCUT2D eigenvalue weighted by Crippen LogP contribution is 2.33. The van der Waals surface area contributed by atoms with E-state index in [0.717, 1.165) is 17.7 Å². The van der Waals surface area contributed by atoms with Crippen LogP contribution in [0.15, 0.2) is 24.3 Å². The second-order valence-corrected chi connectivity index (χ2v) is 6.86. The molecule has 21 heavy (non-hydrogen) atoms. The third-order valence-electron chi connectivity index (χ3n) is 4.45. The van der Waals surface area contributed by atoms with Crippen molar-refractivity contribution in [3.8, 4) is 5.75 Å². The molecule has 0 aliphatic heterocycles. The minimum absolute atomic E-state index is 0.277. The summed E-state index contributed by atoms with van der Waals surface area (Å²) in [5, 5.41) is 1.02. The standard InChI is InChI=1S/C19H31BrO/c1-5-12-19(14-20,13-6-2)15-21-18-10-8-17(9-11-18)16(4)7-3/h8-11,16H,5-7,12-15H2,1-4H3. The fraction of sp³-hybridized carbons (Fsp3) is 0.684. The Labute approximate surface area is 139 Å². The van der Waals surface area contributed by atoms with Crippen molar-refractivity contribution in [2.75, 3.05) is 11.9 Å². The van der Waals surface area contributed by atoms with Gasteiger partial charge in [-0.25, -0.2) is 0 Å². The second kappa shape index (κ2) is 9.50. The molecule has 120 valence electrons. The molecule has 0 spiro atoms. The molecule has 0 saturated heterocycles. The van der Waals surface area contributed by atoms with Crippen LogP contribution < -0.4 is 4.74 Å². The molecule has 1 nitrogen and oxygen atoms in total. The monoisotopic (exact) mass is 354 g/mol. The molecule has 0 amide bonds. The predicted molar refractivity (Wildman–Crippen MR) is 96.7 cm³/mol. The van der Waals surface area contributed by atoms with Crippen LogP contribution in [0.25, 0.3) is 0 Å². The first-order valence-electron chi connectivity index (χ1n) is 8.39. The van der Waals surface area contributed by atoms with Gasteiger partial charge in [-0.05, 0) is 42.9 Å². The van der Waals surface area contributed by atoms with Crippen LogP contribution in [0.4, 0.5) is 0 Å². The van der Waals surface area contributed by atoms with E-state index in [4.69, 9.17) is 4.74 Å². The largest absolute Gasteiger partial charge is 0.493 e. The van der Waals surface area contributed by atoms with Crippen LogP contribution in [0.2, 0.25) is 0 Å². The third-order valence-corrected chi connectivity index (χ3v) is 5.64. The summed E-state index contributed by atoms with van der Waals surface area (Å²) >= 11 is 3.71. The quantitative estimate of drug-likeness (QED) is 0.432. The molecule has 0 fully saturated rings. The van der Waals surface area contributed by atoms with Gasteiger partial charge in [-0.1, -0.05) is 68.6 Å². The average molecular weight is 355 g/mol. The Morgan fingerprint density at radius 3 is 2.05 bits per heavy atom. The lowest BCUT2D eigenvalue weighted by Crippen LogP contribution is -2.30. The SMILES string of the molecule is CCCC(CBr)(CCC)COc1ccc(C(C)CC)cc1. The number of alkyl halides is 1. The van der Waals surface area contributed by atoms with Crippen molar-refractivity contribution in [3.05, 3.63) is 29.8 Å². The lowest BCUT2D eigenvalue weighted by Gasteiger charge is -2.31. The van der Waals surface area contributed by atoms with Gasteiger partial charge in [0.15, 0.2) is 0 Å². The van der Waals surface area contributed by atoms with Crippen LogP contribution in [0, 0.1) is 5.41 Å². The van der Waals surface area contributed by atoms with Crippen molar-refractivity contribution in [2.24, 2.45) is 5.41 Å². The minimum atomic E-state index is 0.277. The Balaban J connectivity index is 2.67. The highest BCUT2D eigenvalue weighted by molar-refractivity contribution is 9.09. The fourth-order valence-corrected chi connectivity index (χ4v) is 3.59. The summed E-state index contributed by atoms with van der Waals surface area (Å²) in [6, 6.07) is 8.66.